The summed E-state index contributed by atoms with van der Waals surface area (Å²) < 4.78 is 41.7. The second-order valence-corrected chi connectivity index (χ2v) is 11.9. The first-order valence-electron chi connectivity index (χ1n) is 14.9. The van der Waals surface area contributed by atoms with E-state index in [9.17, 15) is 22.8 Å². The van der Waals surface area contributed by atoms with Crippen LogP contribution in [0.25, 0.3) is 0 Å². The van der Waals surface area contributed by atoms with Crippen LogP contribution in [0.15, 0.2) is 30.5 Å². The second kappa shape index (κ2) is 12.8. The molecule has 0 spiro atoms. The zero-order valence-corrected chi connectivity index (χ0v) is 24.2. The molecule has 2 saturated carbocycles. The molecular formula is C30H40F3N7O2. The zero-order chi connectivity index (χ0) is 29.9. The fourth-order valence-corrected chi connectivity index (χ4v) is 6.34. The number of alkyl halides is 3. The second-order valence-electron chi connectivity index (χ2n) is 11.9. The molecule has 2 heterocycles. The molecule has 0 radical (unpaired) electrons. The van der Waals surface area contributed by atoms with E-state index in [0.29, 0.717) is 24.1 Å². The van der Waals surface area contributed by atoms with Gasteiger partial charge in [0.25, 0.3) is 5.91 Å². The molecule has 2 amide bonds. The quantitative estimate of drug-likeness (QED) is 0.398. The molecule has 3 N–H and O–H groups in total. The third-order valence-electron chi connectivity index (χ3n) is 8.91. The van der Waals surface area contributed by atoms with E-state index in [2.05, 4.69) is 37.9 Å². The van der Waals surface area contributed by atoms with Crippen molar-refractivity contribution >= 4 is 29.3 Å². The molecule has 2 unspecified atom stereocenters. The highest BCUT2D eigenvalue weighted by Crippen LogP contribution is 2.37. The molecule has 5 rings (SSSR count). The highest BCUT2D eigenvalue weighted by atomic mass is 19.4. The summed E-state index contributed by atoms with van der Waals surface area (Å²) in [4.78, 5) is 38.1. The van der Waals surface area contributed by atoms with Crippen LogP contribution in [-0.2, 0) is 11.0 Å². The standard InChI is InChI=1S/C30H40F3N7O2/c1-39-16-14-22(15-17-39)40(2)28(42)19-10-12-21(13-11-19)36-29-34-18-24(30(31,32)33)26(38-29)37-25-9-5-8-23(25)27(41)35-20-6-3-4-7-20/h10-13,18,20,22-23,25H,3-9,14-17H2,1-2H3,(H,35,41)(H2,34,36,37,38). The number of amides is 2. The molecule has 42 heavy (non-hydrogen) atoms. The number of aromatic nitrogens is 2. The number of likely N-dealkylation sites (tertiary alicyclic amines) is 1. The molecule has 2 aromatic rings. The largest absolute Gasteiger partial charge is 0.421 e. The van der Waals surface area contributed by atoms with Gasteiger partial charge in [0.15, 0.2) is 0 Å². The summed E-state index contributed by atoms with van der Waals surface area (Å²) >= 11 is 0. The monoisotopic (exact) mass is 587 g/mol. The number of carbonyl (C=O) groups excluding carboxylic acids is 2. The van der Waals surface area contributed by atoms with E-state index in [4.69, 9.17) is 0 Å². The minimum Gasteiger partial charge on any atom is -0.366 e. The maximum absolute atomic E-state index is 13.9. The van der Waals surface area contributed by atoms with Gasteiger partial charge in [0.1, 0.15) is 11.4 Å². The predicted octanol–water partition coefficient (Wildman–Crippen LogP) is 5.04. The maximum Gasteiger partial charge on any atom is 0.421 e. The summed E-state index contributed by atoms with van der Waals surface area (Å²) in [7, 11) is 3.90. The molecule has 228 valence electrons. The fraction of sp³-hybridized carbons (Fsp3) is 0.600. The summed E-state index contributed by atoms with van der Waals surface area (Å²) in [5, 5.41) is 8.99. The summed E-state index contributed by atoms with van der Waals surface area (Å²) in [6.45, 7) is 1.90. The summed E-state index contributed by atoms with van der Waals surface area (Å²) in [5.74, 6) is -0.962. The topological polar surface area (TPSA) is 102 Å². The van der Waals surface area contributed by atoms with Gasteiger partial charge in [-0.05, 0) is 82.9 Å². The molecule has 1 aromatic carbocycles. The van der Waals surface area contributed by atoms with Crippen LogP contribution in [0.1, 0.15) is 73.7 Å². The normalized spacial score (nSPS) is 22.2. The highest BCUT2D eigenvalue weighted by molar-refractivity contribution is 5.94. The third-order valence-corrected chi connectivity index (χ3v) is 8.91. The minimum absolute atomic E-state index is 0.0158. The zero-order valence-electron chi connectivity index (χ0n) is 24.2. The van der Waals surface area contributed by atoms with Crippen LogP contribution < -0.4 is 16.0 Å². The Morgan fingerprint density at radius 2 is 1.67 bits per heavy atom. The first-order valence-corrected chi connectivity index (χ1v) is 14.9. The lowest BCUT2D eigenvalue weighted by atomic mass is 10.0. The lowest BCUT2D eigenvalue weighted by Gasteiger charge is -2.35. The Labute approximate surface area is 244 Å². The van der Waals surface area contributed by atoms with Gasteiger partial charge < -0.3 is 25.8 Å². The Morgan fingerprint density at radius 3 is 2.33 bits per heavy atom. The molecule has 1 saturated heterocycles. The van der Waals surface area contributed by atoms with Crippen molar-refractivity contribution in [2.75, 3.05) is 37.8 Å². The maximum atomic E-state index is 13.9. The SMILES string of the molecule is CN1CCC(N(C)C(=O)c2ccc(Nc3ncc(C(F)(F)F)c(NC4CCCC4C(=O)NC4CCCC4)n3)cc2)CC1. The Hall–Kier alpha value is -3.41. The lowest BCUT2D eigenvalue weighted by Crippen LogP contribution is -2.44. The van der Waals surface area contributed by atoms with Gasteiger partial charge in [-0.25, -0.2) is 4.98 Å². The first-order chi connectivity index (χ1) is 20.1. The molecule has 3 aliphatic rings. The number of nitrogens with one attached hydrogen (secondary N) is 3. The number of rotatable bonds is 8. The molecule has 2 aliphatic carbocycles. The van der Waals surface area contributed by atoms with Crippen molar-refractivity contribution in [3.63, 3.8) is 0 Å². The molecule has 9 nitrogen and oxygen atoms in total. The van der Waals surface area contributed by atoms with E-state index in [1.165, 1.54) is 0 Å². The van der Waals surface area contributed by atoms with Gasteiger partial charge in [-0.15, -0.1) is 0 Å². The molecule has 0 bridgehead atoms. The Kier molecular flexibility index (Phi) is 9.19. The highest BCUT2D eigenvalue weighted by Gasteiger charge is 2.39. The Morgan fingerprint density at radius 1 is 0.976 bits per heavy atom. The van der Waals surface area contributed by atoms with Crippen LogP contribution in [-0.4, -0.2) is 76.9 Å². The molecule has 1 aromatic heterocycles. The number of anilines is 3. The van der Waals surface area contributed by atoms with E-state index in [0.717, 1.165) is 64.2 Å². The van der Waals surface area contributed by atoms with E-state index in [1.807, 2.05) is 7.05 Å². The van der Waals surface area contributed by atoms with Gasteiger partial charge in [0.2, 0.25) is 11.9 Å². The number of hydrogen-bond acceptors (Lipinski definition) is 7. The third kappa shape index (κ3) is 7.14. The van der Waals surface area contributed by atoms with Gasteiger partial charge in [-0.1, -0.05) is 19.3 Å². The smallest absolute Gasteiger partial charge is 0.366 e. The molecular weight excluding hydrogens is 547 g/mol. The Balaban J connectivity index is 1.27. The number of hydrogen-bond donors (Lipinski definition) is 3. The van der Waals surface area contributed by atoms with Crippen LogP contribution in [0.3, 0.4) is 0 Å². The van der Waals surface area contributed by atoms with Crippen LogP contribution in [0, 0.1) is 5.92 Å². The van der Waals surface area contributed by atoms with E-state index in [-0.39, 0.29) is 35.7 Å². The van der Waals surface area contributed by atoms with Crippen molar-refractivity contribution in [3.8, 4) is 0 Å². The van der Waals surface area contributed by atoms with E-state index < -0.39 is 23.7 Å². The lowest BCUT2D eigenvalue weighted by molar-refractivity contribution is -0.137. The summed E-state index contributed by atoms with van der Waals surface area (Å²) in [6.07, 6.45) is 3.93. The van der Waals surface area contributed by atoms with Crippen molar-refractivity contribution in [1.82, 2.24) is 25.1 Å². The summed E-state index contributed by atoms with van der Waals surface area (Å²) in [5.41, 5.74) is 0.0857. The molecule has 2 atom stereocenters. The number of nitrogens with zero attached hydrogens (tertiary/aromatic N) is 4. The van der Waals surface area contributed by atoms with E-state index >= 15 is 0 Å². The van der Waals surface area contributed by atoms with Crippen molar-refractivity contribution < 1.29 is 22.8 Å². The van der Waals surface area contributed by atoms with Gasteiger partial charge in [-0.3, -0.25) is 9.59 Å². The average Bonchev–Trinajstić information content (AvgIpc) is 3.65. The van der Waals surface area contributed by atoms with Crippen molar-refractivity contribution in [1.29, 1.82) is 0 Å². The van der Waals surface area contributed by atoms with Gasteiger partial charge in [-0.2, -0.15) is 18.2 Å². The summed E-state index contributed by atoms with van der Waals surface area (Å²) in [6, 6.07) is 6.62. The van der Waals surface area contributed by atoms with E-state index in [1.54, 1.807) is 29.2 Å². The van der Waals surface area contributed by atoms with Crippen molar-refractivity contribution in [2.45, 2.75) is 82.1 Å². The van der Waals surface area contributed by atoms with Crippen molar-refractivity contribution in [3.05, 3.63) is 41.6 Å². The molecule has 12 heteroatoms. The van der Waals surface area contributed by atoms with Gasteiger partial charge in [0.05, 0.1) is 5.92 Å². The predicted molar refractivity (Wildman–Crippen MR) is 155 cm³/mol. The first kappa shape index (κ1) is 30.1. The fourth-order valence-electron chi connectivity index (χ4n) is 6.34. The molecule has 3 fully saturated rings. The van der Waals surface area contributed by atoms with Crippen molar-refractivity contribution in [2.24, 2.45) is 5.92 Å². The average molecular weight is 588 g/mol. The van der Waals surface area contributed by atoms with Crippen LogP contribution in [0.2, 0.25) is 0 Å². The number of carbonyl (C=O) groups is 2. The van der Waals surface area contributed by atoms with Crippen LogP contribution >= 0.6 is 0 Å². The van der Waals surface area contributed by atoms with Gasteiger partial charge in [0, 0.05) is 42.6 Å². The number of halogens is 3. The number of benzene rings is 1. The Bertz CT molecular complexity index is 1240. The van der Waals surface area contributed by atoms with Gasteiger partial charge >= 0.3 is 6.18 Å². The molecule has 1 aliphatic heterocycles. The van der Waals surface area contributed by atoms with Crippen LogP contribution in [0.4, 0.5) is 30.6 Å². The number of piperidine rings is 1. The van der Waals surface area contributed by atoms with Crippen LogP contribution in [0.5, 0.6) is 0 Å². The minimum atomic E-state index is -4.66.